The van der Waals surface area contributed by atoms with Crippen LogP contribution in [0, 0.1) is 6.92 Å². The lowest BCUT2D eigenvalue weighted by Gasteiger charge is -2.26. The second kappa shape index (κ2) is 4.67. The number of aromatic nitrogens is 4. The Bertz CT molecular complexity index is 518. The fraction of sp³-hybridized carbons (Fsp3) is 0.545. The van der Waals surface area contributed by atoms with Crippen molar-refractivity contribution < 1.29 is 4.74 Å². The number of hydrogen-bond donors (Lipinski definition) is 1. The summed E-state index contributed by atoms with van der Waals surface area (Å²) in [5.74, 6) is 0.490. The van der Waals surface area contributed by atoms with Gasteiger partial charge in [-0.1, -0.05) is 13.8 Å². The summed E-state index contributed by atoms with van der Waals surface area (Å²) in [5, 5.41) is 5.28. The van der Waals surface area contributed by atoms with Gasteiger partial charge in [0, 0.05) is 0 Å². The molecule has 0 saturated carbocycles. The van der Waals surface area contributed by atoms with E-state index in [9.17, 15) is 0 Å². The van der Waals surface area contributed by atoms with Crippen molar-refractivity contribution in [3.05, 3.63) is 12.0 Å². The standard InChI is InChI=1S/C9H11N5O.C2H6/c1-5-7-8(10)11-4-12-9(7)14(13-5)6-2-15-3-6;1-2/h4,6H,2-3H2,1H3,(H2,10,11,12);1-2H3. The zero-order valence-electron chi connectivity index (χ0n) is 10.3. The Hall–Kier alpha value is -1.69. The predicted molar refractivity (Wildman–Crippen MR) is 65.7 cm³/mol. The maximum absolute atomic E-state index is 5.79. The van der Waals surface area contributed by atoms with E-state index in [1.54, 1.807) is 0 Å². The van der Waals surface area contributed by atoms with Crippen LogP contribution in [0.2, 0.25) is 0 Å². The van der Waals surface area contributed by atoms with Crippen molar-refractivity contribution in [2.24, 2.45) is 0 Å². The third-order valence-corrected chi connectivity index (χ3v) is 2.66. The fourth-order valence-electron chi connectivity index (χ4n) is 1.79. The summed E-state index contributed by atoms with van der Waals surface area (Å²) in [7, 11) is 0. The van der Waals surface area contributed by atoms with Crippen LogP contribution < -0.4 is 5.73 Å². The molecule has 3 heterocycles. The number of nitrogens with zero attached hydrogens (tertiary/aromatic N) is 4. The summed E-state index contributed by atoms with van der Waals surface area (Å²) < 4.78 is 7.02. The van der Waals surface area contributed by atoms with Gasteiger partial charge in [0.1, 0.15) is 18.2 Å². The summed E-state index contributed by atoms with van der Waals surface area (Å²) in [4.78, 5) is 8.19. The van der Waals surface area contributed by atoms with Gasteiger partial charge in [0.2, 0.25) is 0 Å². The number of ether oxygens (including phenoxy) is 1. The van der Waals surface area contributed by atoms with E-state index in [4.69, 9.17) is 10.5 Å². The normalized spacial score (nSPS) is 15.2. The Morgan fingerprint density at radius 2 is 2.06 bits per heavy atom. The highest BCUT2D eigenvalue weighted by molar-refractivity contribution is 5.87. The topological polar surface area (TPSA) is 78.8 Å². The van der Waals surface area contributed by atoms with E-state index >= 15 is 0 Å². The van der Waals surface area contributed by atoms with E-state index in [2.05, 4.69) is 15.1 Å². The third kappa shape index (κ3) is 1.84. The van der Waals surface area contributed by atoms with Gasteiger partial charge in [0.15, 0.2) is 5.65 Å². The lowest BCUT2D eigenvalue weighted by Crippen LogP contribution is -2.31. The molecular weight excluding hydrogens is 218 g/mol. The molecule has 1 aliphatic heterocycles. The smallest absolute Gasteiger partial charge is 0.164 e. The molecule has 92 valence electrons. The molecule has 1 aliphatic rings. The summed E-state index contributed by atoms with van der Waals surface area (Å²) in [5.41, 5.74) is 7.46. The minimum Gasteiger partial charge on any atom is -0.383 e. The van der Waals surface area contributed by atoms with E-state index in [0.717, 1.165) is 16.7 Å². The summed E-state index contributed by atoms with van der Waals surface area (Å²) >= 11 is 0. The molecule has 0 aromatic carbocycles. The number of nitrogen functional groups attached to an aromatic ring is 1. The second-order valence-corrected chi connectivity index (χ2v) is 3.68. The Balaban J connectivity index is 0.000000514. The van der Waals surface area contributed by atoms with Crippen LogP contribution in [0.15, 0.2) is 6.33 Å². The fourth-order valence-corrected chi connectivity index (χ4v) is 1.79. The Labute approximate surface area is 99.8 Å². The molecule has 6 heteroatoms. The van der Waals surface area contributed by atoms with Crippen LogP contribution in [0.4, 0.5) is 5.82 Å². The molecule has 2 N–H and O–H groups in total. The van der Waals surface area contributed by atoms with Crippen LogP contribution in [0.1, 0.15) is 25.6 Å². The van der Waals surface area contributed by atoms with Crippen LogP contribution in [0.25, 0.3) is 11.0 Å². The van der Waals surface area contributed by atoms with E-state index < -0.39 is 0 Å². The molecule has 0 spiro atoms. The number of anilines is 1. The first kappa shape index (κ1) is 11.8. The molecule has 0 bridgehead atoms. The Morgan fingerprint density at radius 1 is 1.35 bits per heavy atom. The molecule has 17 heavy (non-hydrogen) atoms. The maximum atomic E-state index is 5.79. The number of nitrogens with two attached hydrogens (primary N) is 1. The van der Waals surface area contributed by atoms with Crippen LogP contribution in [0.5, 0.6) is 0 Å². The molecule has 2 aromatic rings. The van der Waals surface area contributed by atoms with E-state index in [0.29, 0.717) is 19.0 Å². The summed E-state index contributed by atoms with van der Waals surface area (Å²) in [6, 6.07) is 0.287. The van der Waals surface area contributed by atoms with E-state index in [1.165, 1.54) is 6.33 Å². The molecule has 6 nitrogen and oxygen atoms in total. The molecule has 1 fully saturated rings. The van der Waals surface area contributed by atoms with Crippen molar-refractivity contribution in [1.29, 1.82) is 0 Å². The zero-order chi connectivity index (χ0) is 12.4. The zero-order valence-corrected chi connectivity index (χ0v) is 10.3. The van der Waals surface area contributed by atoms with Crippen LogP contribution in [-0.4, -0.2) is 33.0 Å². The summed E-state index contributed by atoms with van der Waals surface area (Å²) in [6.07, 6.45) is 1.47. The first-order chi connectivity index (χ1) is 8.27. The second-order valence-electron chi connectivity index (χ2n) is 3.68. The van der Waals surface area contributed by atoms with Crippen LogP contribution in [-0.2, 0) is 4.74 Å². The van der Waals surface area contributed by atoms with Gasteiger partial charge in [-0.3, -0.25) is 0 Å². The first-order valence-corrected chi connectivity index (χ1v) is 5.80. The minimum absolute atomic E-state index is 0.287. The van der Waals surface area contributed by atoms with Gasteiger partial charge in [-0.25, -0.2) is 14.6 Å². The molecule has 2 aromatic heterocycles. The van der Waals surface area contributed by atoms with Crippen molar-refractivity contribution in [3.63, 3.8) is 0 Å². The summed E-state index contributed by atoms with van der Waals surface area (Å²) in [6.45, 7) is 7.30. The maximum Gasteiger partial charge on any atom is 0.164 e. The highest BCUT2D eigenvalue weighted by Gasteiger charge is 2.25. The quantitative estimate of drug-likeness (QED) is 0.806. The highest BCUT2D eigenvalue weighted by Crippen LogP contribution is 2.26. The average molecular weight is 235 g/mol. The number of hydrogen-bond acceptors (Lipinski definition) is 5. The van der Waals surface area contributed by atoms with E-state index in [-0.39, 0.29) is 6.04 Å². The molecule has 0 unspecified atom stereocenters. The lowest BCUT2D eigenvalue weighted by molar-refractivity contribution is -0.0270. The molecule has 0 radical (unpaired) electrons. The third-order valence-electron chi connectivity index (χ3n) is 2.66. The predicted octanol–water partition coefficient (Wildman–Crippen LogP) is 1.31. The van der Waals surface area contributed by atoms with Crippen molar-refractivity contribution in [1.82, 2.24) is 19.7 Å². The van der Waals surface area contributed by atoms with Gasteiger partial charge in [0.25, 0.3) is 0 Å². The monoisotopic (exact) mass is 235 g/mol. The average Bonchev–Trinajstić information content (AvgIpc) is 2.58. The van der Waals surface area contributed by atoms with Gasteiger partial charge in [-0.2, -0.15) is 5.10 Å². The molecule has 1 saturated heterocycles. The van der Waals surface area contributed by atoms with Gasteiger partial charge in [-0.05, 0) is 6.92 Å². The van der Waals surface area contributed by atoms with Crippen LogP contribution in [0.3, 0.4) is 0 Å². The molecule has 0 aliphatic carbocycles. The first-order valence-electron chi connectivity index (χ1n) is 5.80. The van der Waals surface area contributed by atoms with Gasteiger partial charge < -0.3 is 10.5 Å². The van der Waals surface area contributed by atoms with Gasteiger partial charge in [-0.15, -0.1) is 0 Å². The number of fused-ring (bicyclic) bond motifs is 1. The lowest BCUT2D eigenvalue weighted by atomic mass is 10.2. The van der Waals surface area contributed by atoms with Crippen molar-refractivity contribution in [3.8, 4) is 0 Å². The Kier molecular flexibility index (Phi) is 3.23. The highest BCUT2D eigenvalue weighted by atomic mass is 16.5. The molecule has 0 amide bonds. The van der Waals surface area contributed by atoms with Crippen molar-refractivity contribution in [2.45, 2.75) is 26.8 Å². The SMILES string of the molecule is CC.Cc1nn(C2COC2)c2ncnc(N)c12. The largest absolute Gasteiger partial charge is 0.383 e. The molecule has 3 rings (SSSR count). The minimum atomic E-state index is 0.287. The molecule has 0 atom stereocenters. The Morgan fingerprint density at radius 3 is 2.65 bits per heavy atom. The van der Waals surface area contributed by atoms with Gasteiger partial charge in [0.05, 0.1) is 24.3 Å². The van der Waals surface area contributed by atoms with Crippen molar-refractivity contribution in [2.75, 3.05) is 18.9 Å². The van der Waals surface area contributed by atoms with Gasteiger partial charge >= 0.3 is 0 Å². The van der Waals surface area contributed by atoms with Crippen molar-refractivity contribution >= 4 is 16.9 Å². The van der Waals surface area contributed by atoms with E-state index in [1.807, 2.05) is 25.5 Å². The number of rotatable bonds is 1. The van der Waals surface area contributed by atoms with Crippen LogP contribution >= 0.6 is 0 Å². The number of aryl methyl sites for hydroxylation is 1. The molecular formula is C11H17N5O.